The van der Waals surface area contributed by atoms with Crippen molar-refractivity contribution in [2.45, 2.75) is 13.0 Å². The number of hydrogen-bond donors (Lipinski definition) is 3. The van der Waals surface area contributed by atoms with Crippen LogP contribution in [0.25, 0.3) is 11.3 Å². The summed E-state index contributed by atoms with van der Waals surface area (Å²) in [5, 5.41) is 12.3. The predicted molar refractivity (Wildman–Crippen MR) is 135 cm³/mol. The molecule has 0 atom stereocenters. The summed E-state index contributed by atoms with van der Waals surface area (Å²) < 4.78 is 0. The van der Waals surface area contributed by atoms with Crippen LogP contribution in [0.2, 0.25) is 0 Å². The van der Waals surface area contributed by atoms with Crippen LogP contribution in [0.1, 0.15) is 20.9 Å². The minimum atomic E-state index is -0.0735. The molecule has 1 heterocycles. The molecule has 0 bridgehead atoms. The highest BCUT2D eigenvalue weighted by Crippen LogP contribution is 2.21. The van der Waals surface area contributed by atoms with Gasteiger partial charge in [0, 0.05) is 37.1 Å². The maximum Gasteiger partial charge on any atom is 0.251 e. The Labute approximate surface area is 198 Å². The number of amides is 1. The first-order valence-corrected chi connectivity index (χ1v) is 10.3. The molecule has 1 aromatic heterocycles. The van der Waals surface area contributed by atoms with Crippen LogP contribution >= 0.6 is 35.3 Å². The molecule has 0 saturated heterocycles. The van der Waals surface area contributed by atoms with Crippen molar-refractivity contribution in [3.8, 4) is 11.3 Å². The molecule has 0 aliphatic carbocycles. The fourth-order valence-electron chi connectivity index (χ4n) is 2.85. The topological polar surface area (TPSA) is 78.4 Å². The molecule has 0 radical (unpaired) electrons. The third-order valence-corrected chi connectivity index (χ3v) is 5.22. The van der Waals surface area contributed by atoms with E-state index in [0.717, 1.165) is 34.2 Å². The van der Waals surface area contributed by atoms with Crippen LogP contribution in [-0.4, -0.2) is 37.5 Å². The van der Waals surface area contributed by atoms with E-state index in [2.05, 4.69) is 43.4 Å². The Balaban J connectivity index is 0.00000320. The van der Waals surface area contributed by atoms with E-state index >= 15 is 0 Å². The molecule has 0 aliphatic heterocycles. The lowest BCUT2D eigenvalue weighted by Gasteiger charge is -2.11. The molecule has 3 N–H and O–H groups in total. The Hall–Kier alpha value is -2.46. The Kier molecular flexibility index (Phi) is 9.75. The van der Waals surface area contributed by atoms with Crippen molar-refractivity contribution in [3.05, 3.63) is 76.1 Å². The Bertz CT molecular complexity index is 974. The van der Waals surface area contributed by atoms with Crippen LogP contribution in [0.3, 0.4) is 0 Å². The number of aromatic nitrogens is 1. The highest BCUT2D eigenvalue weighted by atomic mass is 127. The van der Waals surface area contributed by atoms with Crippen molar-refractivity contribution in [3.63, 3.8) is 0 Å². The van der Waals surface area contributed by atoms with Crippen molar-refractivity contribution in [2.24, 2.45) is 4.99 Å². The molecule has 1 amide bonds. The van der Waals surface area contributed by atoms with Gasteiger partial charge < -0.3 is 16.0 Å². The predicted octanol–water partition coefficient (Wildman–Crippen LogP) is 3.70. The lowest BCUT2D eigenvalue weighted by molar-refractivity contribution is 0.0963. The smallest absolute Gasteiger partial charge is 0.251 e. The minimum Gasteiger partial charge on any atom is -0.356 e. The van der Waals surface area contributed by atoms with Crippen LogP contribution in [0.15, 0.2) is 65.0 Å². The average molecular weight is 535 g/mol. The molecule has 2 aromatic carbocycles. The Morgan fingerprint density at radius 1 is 1.10 bits per heavy atom. The number of carbonyl (C=O) groups is 1. The van der Waals surface area contributed by atoms with Gasteiger partial charge in [0.2, 0.25) is 0 Å². The number of nitrogens with zero attached hydrogens (tertiary/aromatic N) is 2. The zero-order valence-electron chi connectivity index (χ0n) is 17.0. The number of thiazole rings is 1. The number of aliphatic imine (C=N–C) groups is 1. The van der Waals surface area contributed by atoms with Gasteiger partial charge in [0.05, 0.1) is 12.2 Å². The number of carbonyl (C=O) groups excluding carboxylic acids is 1. The molecule has 3 rings (SSSR count). The second kappa shape index (κ2) is 12.3. The van der Waals surface area contributed by atoms with Crippen molar-refractivity contribution in [1.82, 2.24) is 20.9 Å². The molecule has 0 fully saturated rings. The first-order chi connectivity index (χ1) is 14.2. The normalized spacial score (nSPS) is 10.8. The summed E-state index contributed by atoms with van der Waals surface area (Å²) in [5.74, 6) is 0.652. The molecule has 0 saturated carbocycles. The number of benzene rings is 2. The molecular weight excluding hydrogens is 509 g/mol. The minimum absolute atomic E-state index is 0. The first kappa shape index (κ1) is 23.8. The quantitative estimate of drug-likeness (QED) is 0.245. The standard InChI is InChI=1S/C22H25N5OS.HI/c1-23-21(28)18-10-6-7-16(13-18)11-12-25-22(24-2)26-14-20-27-19(15-29-20)17-8-4-3-5-9-17;/h3-10,13,15H,11-12,14H2,1-2H3,(H,23,28)(H2,24,25,26);1H. The van der Waals surface area contributed by atoms with E-state index in [4.69, 9.17) is 0 Å². The number of rotatable bonds is 7. The van der Waals surface area contributed by atoms with Gasteiger partial charge >= 0.3 is 0 Å². The monoisotopic (exact) mass is 535 g/mol. The van der Waals surface area contributed by atoms with Crippen molar-refractivity contribution < 1.29 is 4.79 Å². The molecule has 8 heteroatoms. The van der Waals surface area contributed by atoms with Gasteiger partial charge in [0.15, 0.2) is 5.96 Å². The van der Waals surface area contributed by atoms with Crippen LogP contribution in [0.4, 0.5) is 0 Å². The molecule has 30 heavy (non-hydrogen) atoms. The maximum absolute atomic E-state index is 11.7. The van der Waals surface area contributed by atoms with Crippen LogP contribution in [0, 0.1) is 0 Å². The fourth-order valence-corrected chi connectivity index (χ4v) is 3.59. The van der Waals surface area contributed by atoms with Gasteiger partial charge in [-0.2, -0.15) is 0 Å². The number of guanidine groups is 1. The van der Waals surface area contributed by atoms with Crippen molar-refractivity contribution in [1.29, 1.82) is 0 Å². The second-order valence-electron chi connectivity index (χ2n) is 6.37. The van der Waals surface area contributed by atoms with Crippen LogP contribution in [-0.2, 0) is 13.0 Å². The summed E-state index contributed by atoms with van der Waals surface area (Å²) in [6, 6.07) is 17.8. The summed E-state index contributed by atoms with van der Waals surface area (Å²) >= 11 is 1.63. The third kappa shape index (κ3) is 6.81. The molecule has 158 valence electrons. The van der Waals surface area contributed by atoms with Gasteiger partial charge in [-0.1, -0.05) is 42.5 Å². The lowest BCUT2D eigenvalue weighted by Crippen LogP contribution is -2.37. The molecule has 0 spiro atoms. The Morgan fingerprint density at radius 3 is 2.63 bits per heavy atom. The summed E-state index contributed by atoms with van der Waals surface area (Å²) in [6.45, 7) is 1.33. The maximum atomic E-state index is 11.7. The van der Waals surface area contributed by atoms with E-state index in [1.165, 1.54) is 0 Å². The highest BCUT2D eigenvalue weighted by Gasteiger charge is 2.06. The summed E-state index contributed by atoms with van der Waals surface area (Å²) in [5.41, 5.74) is 3.88. The molecule has 6 nitrogen and oxygen atoms in total. The number of nitrogens with one attached hydrogen (secondary N) is 3. The van der Waals surface area contributed by atoms with Crippen LogP contribution in [0.5, 0.6) is 0 Å². The summed E-state index contributed by atoms with van der Waals surface area (Å²) in [6.07, 6.45) is 0.793. The van der Waals surface area contributed by atoms with Gasteiger partial charge in [0.1, 0.15) is 5.01 Å². The first-order valence-electron chi connectivity index (χ1n) is 9.45. The van der Waals surface area contributed by atoms with E-state index in [-0.39, 0.29) is 29.9 Å². The molecular formula is C22H26IN5OS. The fraction of sp³-hybridized carbons (Fsp3) is 0.227. The van der Waals surface area contributed by atoms with Crippen molar-refractivity contribution in [2.75, 3.05) is 20.6 Å². The molecule has 3 aromatic rings. The van der Waals surface area contributed by atoms with Gasteiger partial charge in [-0.3, -0.25) is 9.79 Å². The average Bonchev–Trinajstić information content (AvgIpc) is 3.25. The van der Waals surface area contributed by atoms with Crippen molar-refractivity contribution >= 4 is 47.2 Å². The largest absolute Gasteiger partial charge is 0.356 e. The summed E-state index contributed by atoms with van der Waals surface area (Å²) in [4.78, 5) is 20.7. The van der Waals surface area contributed by atoms with Crippen LogP contribution < -0.4 is 16.0 Å². The highest BCUT2D eigenvalue weighted by molar-refractivity contribution is 14.0. The lowest BCUT2D eigenvalue weighted by atomic mass is 10.1. The van der Waals surface area contributed by atoms with Gasteiger partial charge in [-0.05, 0) is 24.1 Å². The van der Waals surface area contributed by atoms with E-state index in [1.807, 2.05) is 42.5 Å². The SMILES string of the molecule is CN=C(NCCc1cccc(C(=O)NC)c1)NCc1nc(-c2ccccc2)cs1.I. The molecule has 0 aliphatic rings. The zero-order chi connectivity index (χ0) is 20.5. The Morgan fingerprint density at radius 2 is 1.90 bits per heavy atom. The number of hydrogen-bond acceptors (Lipinski definition) is 4. The zero-order valence-corrected chi connectivity index (χ0v) is 20.2. The molecule has 0 unspecified atom stereocenters. The summed E-state index contributed by atoms with van der Waals surface area (Å²) in [7, 11) is 3.39. The van der Waals surface area contributed by atoms with Gasteiger partial charge in [-0.25, -0.2) is 4.98 Å². The number of halogens is 1. The van der Waals surface area contributed by atoms with Gasteiger partial charge in [0.25, 0.3) is 5.91 Å². The van der Waals surface area contributed by atoms with E-state index in [9.17, 15) is 4.79 Å². The third-order valence-electron chi connectivity index (χ3n) is 4.37. The van der Waals surface area contributed by atoms with E-state index in [1.54, 1.807) is 25.4 Å². The van der Waals surface area contributed by atoms with E-state index < -0.39 is 0 Å². The second-order valence-corrected chi connectivity index (χ2v) is 7.32. The van der Waals surface area contributed by atoms with Gasteiger partial charge in [-0.15, -0.1) is 35.3 Å². The van der Waals surface area contributed by atoms with E-state index in [0.29, 0.717) is 18.7 Å².